The molecule has 4 aliphatic heterocycles. The summed E-state index contributed by atoms with van der Waals surface area (Å²) in [6.45, 7) is 3.27. The van der Waals surface area contributed by atoms with Crippen molar-refractivity contribution in [3.8, 4) is 11.4 Å². The van der Waals surface area contributed by atoms with E-state index in [9.17, 15) is 63.0 Å². The van der Waals surface area contributed by atoms with Crippen LogP contribution in [0.25, 0.3) is 22.3 Å². The van der Waals surface area contributed by atoms with Gasteiger partial charge >= 0.3 is 5.97 Å². The molecule has 3 atom stereocenters. The van der Waals surface area contributed by atoms with Crippen molar-refractivity contribution in [3.63, 3.8) is 0 Å². The molecule has 29 nitrogen and oxygen atoms in total. The zero-order chi connectivity index (χ0) is 61.7. The molecule has 0 bridgehead atoms. The first-order valence-electron chi connectivity index (χ1n) is 28.3. The lowest BCUT2D eigenvalue weighted by atomic mass is 9.81. The lowest BCUT2D eigenvalue weighted by molar-refractivity contribution is -0.172. The predicted octanol–water partition coefficient (Wildman–Crippen LogP) is -3.65. The Kier molecular flexibility index (Phi) is 21.8. The smallest absolute Gasteiger partial charge is 0.343 e. The number of aliphatic hydroxyl groups is 2. The number of likely N-dealkylation sites (tertiary alicyclic amines) is 1. The van der Waals surface area contributed by atoms with Gasteiger partial charge in [-0.3, -0.25) is 58.2 Å². The highest BCUT2D eigenvalue weighted by Gasteiger charge is 2.46. The van der Waals surface area contributed by atoms with E-state index in [-0.39, 0.29) is 88.9 Å². The minimum Gasteiger partial charge on any atom is -0.458 e. The van der Waals surface area contributed by atoms with Crippen LogP contribution < -0.4 is 42.8 Å². The molecular formula is C56H70FN11O18. The number of imide groups is 1. The quantitative estimate of drug-likeness (QED) is 0.00985. The normalized spacial score (nSPS) is 17.7. The lowest BCUT2D eigenvalue weighted by Crippen LogP contribution is -2.58. The van der Waals surface area contributed by atoms with E-state index in [4.69, 9.17) is 28.7 Å². The summed E-state index contributed by atoms with van der Waals surface area (Å²) in [6.07, 6.45) is 2.39. The number of fused-ring (bicyclic) bond motifs is 5. The van der Waals surface area contributed by atoms with E-state index in [2.05, 4.69) is 37.2 Å². The van der Waals surface area contributed by atoms with Crippen LogP contribution in [0.5, 0.6) is 0 Å². The Morgan fingerprint density at radius 2 is 1.34 bits per heavy atom. The maximum Gasteiger partial charge on any atom is 0.343 e. The number of esters is 1. The minimum atomic E-state index is -2.05. The highest BCUT2D eigenvalue weighted by atomic mass is 19.1. The molecule has 5 aliphatic rings. The second-order valence-corrected chi connectivity index (χ2v) is 20.9. The Morgan fingerprint density at radius 1 is 0.767 bits per heavy atom. The summed E-state index contributed by atoms with van der Waals surface area (Å²) in [4.78, 5) is 145. The van der Waals surface area contributed by atoms with Crippen molar-refractivity contribution in [2.24, 2.45) is 5.92 Å². The number of nitrogens with one attached hydrogen (secondary N) is 7. The van der Waals surface area contributed by atoms with E-state index in [0.29, 0.717) is 91.4 Å². The highest BCUT2D eigenvalue weighted by Crippen LogP contribution is 2.46. The molecule has 464 valence electrons. The van der Waals surface area contributed by atoms with E-state index in [1.165, 1.54) is 27.7 Å². The van der Waals surface area contributed by atoms with E-state index in [1.54, 1.807) is 19.9 Å². The summed E-state index contributed by atoms with van der Waals surface area (Å²) in [5.74, 6) is -6.86. The lowest BCUT2D eigenvalue weighted by Gasteiger charge is -2.39. The fraction of sp³-hybridized carbons (Fsp3) is 0.536. The molecule has 6 heterocycles. The molecule has 9 N–H and O–H groups in total. The van der Waals surface area contributed by atoms with E-state index in [0.717, 1.165) is 10.5 Å². The van der Waals surface area contributed by atoms with Crippen LogP contribution in [0.1, 0.15) is 72.0 Å². The molecule has 1 fully saturated rings. The van der Waals surface area contributed by atoms with Crippen LogP contribution in [-0.2, 0) is 96.8 Å². The molecule has 8 rings (SSSR count). The first-order chi connectivity index (χ1) is 41.3. The number of ether oxygens (including phenoxy) is 5. The van der Waals surface area contributed by atoms with E-state index < -0.39 is 121 Å². The SMILES string of the molecule is CC[C@]1(O)C(=O)OCc2c1cc1n(c2=O)Cc2c-1nc1cc(F)c(C)c3c1c2[C@H](NC(=O)C1CN(C(=O)CNC(=O)CNC(=O)CNC(=O)CNC(=O)CNC(=O)CCOCCOCCOCCOCCNC(O)CCN2C(=O)C=CC2=O)C1)CC3. The first-order valence-corrected chi connectivity index (χ1v) is 28.3. The van der Waals surface area contributed by atoms with Gasteiger partial charge in [0.05, 0.1) is 127 Å². The summed E-state index contributed by atoms with van der Waals surface area (Å²) in [6, 6.07) is 2.31. The van der Waals surface area contributed by atoms with Gasteiger partial charge in [-0.25, -0.2) is 14.2 Å². The molecular weight excluding hydrogens is 1130 g/mol. The number of pyridine rings is 2. The van der Waals surface area contributed by atoms with Crippen molar-refractivity contribution < 1.29 is 86.2 Å². The Balaban J connectivity index is 0.636. The standard InChI is InChI=1S/C56H70FN11O18/c1-3-56(81)36-20-40-52-34(29-68(40)54(79)35(36)30-86-55(56)80)51-38(5-4-33-31(2)37(57)21-39(64-52)50(33)51)65-53(78)32-27-66(28-32)49(77)26-63-46(74)25-62-45(73)24-61-44(72)23-60-43(71)22-59-42(70)9-12-82-14-16-84-18-19-85-17-15-83-13-10-58-41(69)8-11-67-47(75)6-7-48(67)76/h6-7,20-21,32,38,41,58,69,81H,3-5,8-19,22-30H2,1-2H3,(H,59,70)(H,60,71)(H,61,72)(H,62,73)(H,63,74)(H,65,78)/t38-,41?,56-/m1/s1. The van der Waals surface area contributed by atoms with Gasteiger partial charge in [0.25, 0.3) is 17.4 Å². The third-order valence-corrected chi connectivity index (χ3v) is 15.3. The number of hydrogen-bond donors (Lipinski definition) is 9. The fourth-order valence-corrected chi connectivity index (χ4v) is 10.4. The first kappa shape index (κ1) is 63.9. The monoisotopic (exact) mass is 1200 g/mol. The summed E-state index contributed by atoms with van der Waals surface area (Å²) in [5, 5.41) is 39.7. The third kappa shape index (κ3) is 15.5. The average Bonchev–Trinajstić information content (AvgIpc) is 1.46. The Morgan fingerprint density at radius 3 is 1.94 bits per heavy atom. The minimum absolute atomic E-state index is 0.0419. The molecule has 1 aromatic carbocycles. The van der Waals surface area contributed by atoms with Gasteiger partial charge in [0.2, 0.25) is 41.4 Å². The number of rotatable bonds is 32. The summed E-state index contributed by atoms with van der Waals surface area (Å²) in [7, 11) is 0. The van der Waals surface area contributed by atoms with Gasteiger partial charge in [-0.2, -0.15) is 0 Å². The molecule has 1 saturated heterocycles. The maximum atomic E-state index is 15.4. The second kappa shape index (κ2) is 29.3. The molecule has 3 aromatic rings. The summed E-state index contributed by atoms with van der Waals surface area (Å²) >= 11 is 0. The molecule has 0 saturated carbocycles. The topological polar surface area (TPSA) is 383 Å². The van der Waals surface area contributed by atoms with Gasteiger partial charge in [-0.15, -0.1) is 0 Å². The van der Waals surface area contributed by atoms with Crippen molar-refractivity contribution in [2.75, 3.05) is 112 Å². The number of carbonyl (C=O) groups is 10. The summed E-state index contributed by atoms with van der Waals surface area (Å²) in [5.41, 5.74) is 1.29. The number of aromatic nitrogens is 2. The van der Waals surface area contributed by atoms with Crippen molar-refractivity contribution >= 4 is 70.0 Å². The molecule has 1 unspecified atom stereocenters. The van der Waals surface area contributed by atoms with Crippen LogP contribution in [0.3, 0.4) is 0 Å². The molecule has 2 aromatic heterocycles. The highest BCUT2D eigenvalue weighted by molar-refractivity contribution is 6.12. The van der Waals surface area contributed by atoms with Crippen LogP contribution >= 0.6 is 0 Å². The summed E-state index contributed by atoms with van der Waals surface area (Å²) < 4.78 is 43.7. The van der Waals surface area contributed by atoms with Crippen LogP contribution in [0.15, 0.2) is 29.1 Å². The predicted molar refractivity (Wildman–Crippen MR) is 296 cm³/mol. The van der Waals surface area contributed by atoms with Crippen molar-refractivity contribution in [1.82, 2.24) is 56.6 Å². The van der Waals surface area contributed by atoms with Crippen LogP contribution in [0.4, 0.5) is 4.39 Å². The molecule has 9 amide bonds. The zero-order valence-electron chi connectivity index (χ0n) is 47.6. The number of aryl methyl sites for hydroxylation is 1. The number of cyclic esters (lactones) is 1. The number of amides is 9. The Labute approximate surface area is 491 Å². The molecule has 1 aliphatic carbocycles. The van der Waals surface area contributed by atoms with Gasteiger partial charge in [0.1, 0.15) is 18.7 Å². The number of benzene rings is 1. The molecule has 30 heteroatoms. The fourth-order valence-electron chi connectivity index (χ4n) is 10.4. The van der Waals surface area contributed by atoms with Gasteiger partial charge in [0.15, 0.2) is 5.60 Å². The second-order valence-electron chi connectivity index (χ2n) is 20.9. The number of aliphatic hydroxyl groups excluding tert-OH is 1. The van der Waals surface area contributed by atoms with Crippen LogP contribution in [0.2, 0.25) is 0 Å². The van der Waals surface area contributed by atoms with Crippen molar-refractivity contribution in [2.45, 2.75) is 77.0 Å². The van der Waals surface area contributed by atoms with Gasteiger partial charge in [-0.05, 0) is 48.9 Å². The van der Waals surface area contributed by atoms with Crippen LogP contribution in [-0.4, -0.2) is 207 Å². The molecule has 0 spiro atoms. The average molecular weight is 1200 g/mol. The molecule has 86 heavy (non-hydrogen) atoms. The van der Waals surface area contributed by atoms with Gasteiger partial charge in [-0.1, -0.05) is 6.92 Å². The van der Waals surface area contributed by atoms with Crippen molar-refractivity contribution in [3.05, 3.63) is 73.8 Å². The van der Waals surface area contributed by atoms with E-state index >= 15 is 4.39 Å². The zero-order valence-corrected chi connectivity index (χ0v) is 47.6. The largest absolute Gasteiger partial charge is 0.458 e. The Hall–Kier alpha value is -8.13. The number of hydrogen-bond acceptors (Lipinski definition) is 20. The number of carbonyl (C=O) groups excluding carboxylic acids is 10. The number of nitrogens with zero attached hydrogens (tertiary/aromatic N) is 4. The van der Waals surface area contributed by atoms with E-state index in [1.807, 2.05) is 0 Å². The van der Waals surface area contributed by atoms with Gasteiger partial charge < -0.3 is 75.3 Å². The number of halogens is 1. The Bertz CT molecular complexity index is 3220. The van der Waals surface area contributed by atoms with Gasteiger partial charge in [0, 0.05) is 73.8 Å². The molecule has 0 radical (unpaired) electrons. The maximum absolute atomic E-state index is 15.4. The van der Waals surface area contributed by atoms with Crippen LogP contribution in [0, 0.1) is 18.7 Å². The third-order valence-electron chi connectivity index (χ3n) is 15.3. The van der Waals surface area contributed by atoms with Crippen molar-refractivity contribution in [1.29, 1.82) is 0 Å².